The Bertz CT molecular complexity index is 534. The Morgan fingerprint density at radius 2 is 2.24 bits per heavy atom. The summed E-state index contributed by atoms with van der Waals surface area (Å²) in [6.45, 7) is 4.68. The first-order valence-corrected chi connectivity index (χ1v) is 5.45. The summed E-state index contributed by atoms with van der Waals surface area (Å²) in [5.74, 6) is 0.752. The highest BCUT2D eigenvalue weighted by Gasteiger charge is 2.05. The quantitative estimate of drug-likeness (QED) is 0.683. The van der Waals surface area contributed by atoms with Gasteiger partial charge in [0.1, 0.15) is 17.8 Å². The van der Waals surface area contributed by atoms with Crippen LogP contribution in [0.5, 0.6) is 0 Å². The molecule has 0 fully saturated rings. The summed E-state index contributed by atoms with van der Waals surface area (Å²) in [4.78, 5) is 22.2. The van der Waals surface area contributed by atoms with Gasteiger partial charge in [-0.05, 0) is 13.0 Å². The Hall–Kier alpha value is -2.11. The molecule has 0 atom stereocenters. The molecule has 2 aromatic heterocycles. The SMILES string of the molecule is CC(=O)NCCNc1ncnc2[nH]c(C)cc12. The summed E-state index contributed by atoms with van der Waals surface area (Å²) in [5, 5.41) is 6.85. The molecular weight excluding hydrogens is 218 g/mol. The Balaban J connectivity index is 2.05. The second kappa shape index (κ2) is 4.82. The van der Waals surface area contributed by atoms with Crippen LogP contribution < -0.4 is 10.6 Å². The number of nitrogens with one attached hydrogen (secondary N) is 3. The molecule has 2 heterocycles. The number of hydrogen-bond acceptors (Lipinski definition) is 4. The Morgan fingerprint density at radius 1 is 1.41 bits per heavy atom. The molecule has 2 rings (SSSR count). The zero-order valence-electron chi connectivity index (χ0n) is 9.87. The molecule has 0 aromatic carbocycles. The Labute approximate surface area is 98.8 Å². The van der Waals surface area contributed by atoms with Crippen LogP contribution >= 0.6 is 0 Å². The van der Waals surface area contributed by atoms with Crippen LogP contribution in [0.3, 0.4) is 0 Å². The highest BCUT2D eigenvalue weighted by atomic mass is 16.1. The fourth-order valence-corrected chi connectivity index (χ4v) is 1.63. The zero-order chi connectivity index (χ0) is 12.3. The lowest BCUT2D eigenvalue weighted by Gasteiger charge is -2.06. The standard InChI is InChI=1S/C11H15N5O/c1-7-5-9-10(13-4-3-12-8(2)17)14-6-15-11(9)16-7/h5-6H,3-4H2,1-2H3,(H,12,17)(H2,13,14,15,16). The minimum atomic E-state index is -0.0304. The number of fused-ring (bicyclic) bond motifs is 1. The first kappa shape index (κ1) is 11.4. The maximum Gasteiger partial charge on any atom is 0.216 e. The summed E-state index contributed by atoms with van der Waals surface area (Å²) in [5.41, 5.74) is 1.87. The minimum Gasteiger partial charge on any atom is -0.368 e. The molecule has 3 N–H and O–H groups in total. The van der Waals surface area contributed by atoms with E-state index in [1.54, 1.807) is 0 Å². The summed E-state index contributed by atoms with van der Waals surface area (Å²) in [7, 11) is 0. The lowest BCUT2D eigenvalue weighted by Crippen LogP contribution is -2.26. The van der Waals surface area contributed by atoms with E-state index in [-0.39, 0.29) is 5.91 Å². The molecule has 0 unspecified atom stereocenters. The van der Waals surface area contributed by atoms with Crippen molar-refractivity contribution in [2.75, 3.05) is 18.4 Å². The summed E-state index contributed by atoms with van der Waals surface area (Å²) in [6, 6.07) is 2.00. The van der Waals surface area contributed by atoms with E-state index in [4.69, 9.17) is 0 Å². The first-order valence-electron chi connectivity index (χ1n) is 5.45. The van der Waals surface area contributed by atoms with Gasteiger partial charge in [-0.25, -0.2) is 9.97 Å². The highest BCUT2D eigenvalue weighted by Crippen LogP contribution is 2.19. The molecule has 0 bridgehead atoms. The van der Waals surface area contributed by atoms with Gasteiger partial charge in [-0.15, -0.1) is 0 Å². The van der Waals surface area contributed by atoms with Crippen LogP contribution in [0.2, 0.25) is 0 Å². The van der Waals surface area contributed by atoms with Gasteiger partial charge >= 0.3 is 0 Å². The number of hydrogen-bond donors (Lipinski definition) is 3. The molecule has 0 aliphatic rings. The zero-order valence-corrected chi connectivity index (χ0v) is 9.87. The largest absolute Gasteiger partial charge is 0.368 e. The van der Waals surface area contributed by atoms with Gasteiger partial charge in [0.15, 0.2) is 0 Å². The molecule has 1 amide bonds. The molecule has 90 valence electrons. The number of rotatable bonds is 4. The van der Waals surface area contributed by atoms with Gasteiger partial charge in [0, 0.05) is 25.7 Å². The molecule has 0 aliphatic heterocycles. The monoisotopic (exact) mass is 233 g/mol. The number of anilines is 1. The van der Waals surface area contributed by atoms with Crippen molar-refractivity contribution in [2.45, 2.75) is 13.8 Å². The van der Waals surface area contributed by atoms with Crippen LogP contribution in [-0.4, -0.2) is 33.9 Å². The number of aromatic nitrogens is 3. The number of aromatic amines is 1. The van der Waals surface area contributed by atoms with Gasteiger partial charge in [-0.3, -0.25) is 4.79 Å². The number of carbonyl (C=O) groups is 1. The van der Waals surface area contributed by atoms with Crippen molar-refractivity contribution in [3.8, 4) is 0 Å². The van der Waals surface area contributed by atoms with Crippen molar-refractivity contribution in [2.24, 2.45) is 0 Å². The molecule has 0 radical (unpaired) electrons. The third-order valence-electron chi connectivity index (χ3n) is 2.35. The van der Waals surface area contributed by atoms with Crippen LogP contribution in [0, 0.1) is 6.92 Å². The van der Waals surface area contributed by atoms with Crippen LogP contribution in [0.4, 0.5) is 5.82 Å². The van der Waals surface area contributed by atoms with Gasteiger partial charge in [0.25, 0.3) is 0 Å². The molecule has 0 spiro atoms. The topological polar surface area (TPSA) is 82.7 Å². The van der Waals surface area contributed by atoms with Crippen LogP contribution in [0.1, 0.15) is 12.6 Å². The Kier molecular flexibility index (Phi) is 3.22. The van der Waals surface area contributed by atoms with Gasteiger partial charge in [0.05, 0.1) is 5.39 Å². The third kappa shape index (κ3) is 2.72. The Morgan fingerprint density at radius 3 is 3.00 bits per heavy atom. The predicted octanol–water partition coefficient (Wildman–Crippen LogP) is 0.814. The van der Waals surface area contributed by atoms with Crippen LogP contribution in [0.15, 0.2) is 12.4 Å². The molecule has 17 heavy (non-hydrogen) atoms. The lowest BCUT2D eigenvalue weighted by atomic mass is 10.3. The maximum atomic E-state index is 10.7. The molecule has 6 heteroatoms. The fraction of sp³-hybridized carbons (Fsp3) is 0.364. The van der Waals surface area contributed by atoms with E-state index in [1.807, 2.05) is 13.0 Å². The van der Waals surface area contributed by atoms with Crippen molar-refractivity contribution >= 4 is 22.8 Å². The normalized spacial score (nSPS) is 10.5. The molecule has 6 nitrogen and oxygen atoms in total. The molecule has 0 aliphatic carbocycles. The van der Waals surface area contributed by atoms with E-state index in [0.717, 1.165) is 22.5 Å². The van der Waals surface area contributed by atoms with Crippen molar-refractivity contribution < 1.29 is 4.79 Å². The number of amides is 1. The average molecular weight is 233 g/mol. The van der Waals surface area contributed by atoms with Crippen molar-refractivity contribution in [1.29, 1.82) is 0 Å². The second-order valence-corrected chi connectivity index (χ2v) is 3.85. The smallest absolute Gasteiger partial charge is 0.216 e. The number of nitrogens with zero attached hydrogens (tertiary/aromatic N) is 2. The first-order chi connectivity index (χ1) is 8.16. The molecule has 2 aromatic rings. The number of H-pyrrole nitrogens is 1. The van der Waals surface area contributed by atoms with E-state index < -0.39 is 0 Å². The number of aryl methyl sites for hydroxylation is 1. The van der Waals surface area contributed by atoms with Crippen LogP contribution in [-0.2, 0) is 4.79 Å². The third-order valence-corrected chi connectivity index (χ3v) is 2.35. The molecule has 0 saturated carbocycles. The van der Waals surface area contributed by atoms with Gasteiger partial charge in [-0.1, -0.05) is 0 Å². The summed E-state index contributed by atoms with van der Waals surface area (Å²) < 4.78 is 0. The molecular formula is C11H15N5O. The maximum absolute atomic E-state index is 10.7. The average Bonchev–Trinajstić information content (AvgIpc) is 2.65. The van der Waals surface area contributed by atoms with E-state index in [0.29, 0.717) is 13.1 Å². The van der Waals surface area contributed by atoms with E-state index >= 15 is 0 Å². The lowest BCUT2D eigenvalue weighted by molar-refractivity contribution is -0.118. The van der Waals surface area contributed by atoms with E-state index in [9.17, 15) is 4.79 Å². The van der Waals surface area contributed by atoms with E-state index in [1.165, 1.54) is 13.3 Å². The highest BCUT2D eigenvalue weighted by molar-refractivity contribution is 5.87. The van der Waals surface area contributed by atoms with Crippen molar-refractivity contribution in [3.05, 3.63) is 18.1 Å². The fourth-order valence-electron chi connectivity index (χ4n) is 1.63. The van der Waals surface area contributed by atoms with Crippen molar-refractivity contribution in [3.63, 3.8) is 0 Å². The van der Waals surface area contributed by atoms with Crippen molar-refractivity contribution in [1.82, 2.24) is 20.3 Å². The predicted molar refractivity (Wildman–Crippen MR) is 65.8 cm³/mol. The van der Waals surface area contributed by atoms with Gasteiger partial charge in [0.2, 0.25) is 5.91 Å². The van der Waals surface area contributed by atoms with Gasteiger partial charge in [-0.2, -0.15) is 0 Å². The summed E-state index contributed by atoms with van der Waals surface area (Å²) in [6.07, 6.45) is 1.51. The number of carbonyl (C=O) groups excluding carboxylic acids is 1. The minimum absolute atomic E-state index is 0.0304. The van der Waals surface area contributed by atoms with Gasteiger partial charge < -0.3 is 15.6 Å². The second-order valence-electron chi connectivity index (χ2n) is 3.85. The van der Waals surface area contributed by atoms with Crippen LogP contribution in [0.25, 0.3) is 11.0 Å². The summed E-state index contributed by atoms with van der Waals surface area (Å²) >= 11 is 0. The molecule has 0 saturated heterocycles. The van der Waals surface area contributed by atoms with E-state index in [2.05, 4.69) is 25.6 Å².